The Bertz CT molecular complexity index is 1410. The van der Waals surface area contributed by atoms with E-state index in [1.165, 1.54) is 22.3 Å². The average molecular weight is 612 g/mol. The fourth-order valence-electron chi connectivity index (χ4n) is 6.25. The number of benzene rings is 3. The van der Waals surface area contributed by atoms with Crippen molar-refractivity contribution in [2.75, 3.05) is 0 Å². The second kappa shape index (κ2) is 10.9. The first-order valence-corrected chi connectivity index (χ1v) is 18.2. The molecule has 0 radical (unpaired) electrons. The third-order valence-electron chi connectivity index (χ3n) is 8.08. The molecule has 0 saturated heterocycles. The van der Waals surface area contributed by atoms with Crippen molar-refractivity contribution in [1.82, 2.24) is 0 Å². The summed E-state index contributed by atoms with van der Waals surface area (Å²) in [5, 5.41) is 0. The van der Waals surface area contributed by atoms with Crippen molar-refractivity contribution in [3.8, 4) is 11.1 Å². The van der Waals surface area contributed by atoms with Crippen LogP contribution >= 0.6 is 24.8 Å². The summed E-state index contributed by atoms with van der Waals surface area (Å²) in [6.07, 6.45) is 9.24. The third-order valence-corrected chi connectivity index (χ3v) is 20.0. The van der Waals surface area contributed by atoms with Gasteiger partial charge in [0.05, 0.1) is 0 Å². The van der Waals surface area contributed by atoms with E-state index in [4.69, 9.17) is 0 Å². The molecule has 0 fully saturated rings. The first-order chi connectivity index (χ1) is 16.6. The molecule has 0 heterocycles. The van der Waals surface area contributed by atoms with Crippen LogP contribution in [0.3, 0.4) is 0 Å². The monoisotopic (exact) mass is 609 g/mol. The van der Waals surface area contributed by atoms with E-state index in [9.17, 15) is 0 Å². The predicted molar refractivity (Wildman–Crippen MR) is 166 cm³/mol. The number of halogens is 2. The van der Waals surface area contributed by atoms with Gasteiger partial charge in [-0.15, -0.1) is 24.8 Å². The second-order valence-corrected chi connectivity index (χ2v) is 22.0. The van der Waals surface area contributed by atoms with Crippen LogP contribution in [0, 0.1) is 0 Å². The normalized spacial score (nSPS) is 15.6. The molecule has 0 bridgehead atoms. The van der Waals surface area contributed by atoms with Crippen LogP contribution in [-0.4, -0.2) is 3.71 Å². The maximum Gasteiger partial charge on any atom is -0.147 e. The molecule has 0 aromatic heterocycles. The minimum absolute atomic E-state index is 0. The van der Waals surface area contributed by atoms with E-state index in [2.05, 4.69) is 131 Å². The molecule has 195 valence electrons. The predicted octanol–water partition coefficient (Wildman–Crippen LogP) is 8.47. The van der Waals surface area contributed by atoms with Gasteiger partial charge in [-0.2, -0.15) is 0 Å². The molecule has 0 amide bonds. The van der Waals surface area contributed by atoms with Crippen LogP contribution in [0.25, 0.3) is 11.1 Å². The van der Waals surface area contributed by atoms with Gasteiger partial charge in [0.15, 0.2) is 0 Å². The van der Waals surface area contributed by atoms with Gasteiger partial charge in [0.25, 0.3) is 0 Å². The van der Waals surface area contributed by atoms with Gasteiger partial charge in [-0.25, -0.2) is 0 Å². The molecule has 5 rings (SSSR count). The summed E-state index contributed by atoms with van der Waals surface area (Å²) < 4.78 is 7.64. The quantitative estimate of drug-likeness (QED) is 0.218. The molecule has 0 saturated carbocycles. The van der Waals surface area contributed by atoms with Gasteiger partial charge in [0.2, 0.25) is 0 Å². The van der Waals surface area contributed by atoms with E-state index in [0.717, 1.165) is 12.8 Å². The van der Waals surface area contributed by atoms with Crippen LogP contribution in [0.4, 0.5) is 0 Å². The molecule has 0 N–H and O–H groups in total. The fourth-order valence-corrected chi connectivity index (χ4v) is 18.7. The minimum atomic E-state index is -3.37. The van der Waals surface area contributed by atoms with Gasteiger partial charge in [-0.1, -0.05) is 0 Å². The smallest absolute Gasteiger partial charge is 0.147 e. The van der Waals surface area contributed by atoms with Crippen LogP contribution in [0.5, 0.6) is 0 Å². The molecular formula is C34H41Cl2Zr. The SMILES string of the molecule is C[CH]=[Zr]([C]1=CC=CC1)([c]1ccccc1)[c]1c(C(C)(C)C)ccc2c1Cc1cc(C(C)(C)C)ccc1-2.Cl.Cl. The van der Waals surface area contributed by atoms with E-state index >= 15 is 0 Å². The van der Waals surface area contributed by atoms with Crippen LogP contribution in [-0.2, 0) is 37.0 Å². The Kier molecular flexibility index (Phi) is 8.86. The number of hydrogen-bond donors (Lipinski definition) is 0. The van der Waals surface area contributed by atoms with Gasteiger partial charge < -0.3 is 0 Å². The Morgan fingerprint density at radius 1 is 0.784 bits per heavy atom. The maximum atomic E-state index is 2.68. The van der Waals surface area contributed by atoms with Gasteiger partial charge in [0, 0.05) is 0 Å². The van der Waals surface area contributed by atoms with Gasteiger partial charge in [-0.05, 0) is 0 Å². The Morgan fingerprint density at radius 3 is 2.03 bits per heavy atom. The Labute approximate surface area is 241 Å². The molecule has 0 nitrogen and oxygen atoms in total. The maximum absolute atomic E-state index is 3.37. The van der Waals surface area contributed by atoms with Gasteiger partial charge in [0.1, 0.15) is 0 Å². The van der Waals surface area contributed by atoms with Crippen molar-refractivity contribution in [3.63, 3.8) is 0 Å². The summed E-state index contributed by atoms with van der Waals surface area (Å²) in [6.45, 7) is 16.5. The second-order valence-electron chi connectivity index (χ2n) is 12.3. The van der Waals surface area contributed by atoms with E-state index in [1.54, 1.807) is 21.0 Å². The summed E-state index contributed by atoms with van der Waals surface area (Å²) >= 11 is -3.37. The molecular weight excluding hydrogens is 571 g/mol. The zero-order chi connectivity index (χ0) is 25.0. The first kappa shape index (κ1) is 30.0. The molecule has 2 aliphatic rings. The van der Waals surface area contributed by atoms with Crippen LogP contribution < -0.4 is 6.54 Å². The Morgan fingerprint density at radius 2 is 1.46 bits per heavy atom. The summed E-state index contributed by atoms with van der Waals surface area (Å²) in [4.78, 5) is 0. The van der Waals surface area contributed by atoms with Crippen molar-refractivity contribution >= 4 is 35.1 Å². The standard InChI is InChI=1S/C21H25.C6H5.C5H5.C2H4.2ClH.Zr/c1-20(2,3)16-7-9-18-14(12-16)11-15-13-17(21(4,5)6)8-10-19(15)18;1-2-4-6-5-3-1;1-2-4-5-3-1;1-2;;;/h7-10,12H,11H2,1-6H3;1-5H;1-3H,4H2;1H,2H3;2*1H;. The van der Waals surface area contributed by atoms with Gasteiger partial charge in [-0.3, -0.25) is 0 Å². The molecule has 1 atom stereocenters. The third kappa shape index (κ3) is 5.09. The fraction of sp³-hybridized carbons (Fsp3) is 0.324. The Hall–Kier alpha value is -1.53. The summed E-state index contributed by atoms with van der Waals surface area (Å²) in [5.41, 5.74) is 9.24. The van der Waals surface area contributed by atoms with Crippen LogP contribution in [0.15, 0.2) is 82.2 Å². The number of allylic oxidation sites excluding steroid dienone is 4. The minimum Gasteiger partial charge on any atom is -0.147 e. The first-order valence-electron chi connectivity index (χ1n) is 13.1. The molecule has 2 aliphatic carbocycles. The van der Waals surface area contributed by atoms with E-state index in [1.807, 2.05) is 0 Å². The summed E-state index contributed by atoms with van der Waals surface area (Å²) in [5.74, 6) is 0. The van der Waals surface area contributed by atoms with Crippen LogP contribution in [0.2, 0.25) is 0 Å². The summed E-state index contributed by atoms with van der Waals surface area (Å²) in [6, 6.07) is 23.6. The molecule has 0 spiro atoms. The number of hydrogen-bond acceptors (Lipinski definition) is 0. The van der Waals surface area contributed by atoms with E-state index in [0.29, 0.717) is 0 Å². The average Bonchev–Trinajstić information content (AvgIpc) is 3.47. The van der Waals surface area contributed by atoms with Crippen molar-refractivity contribution in [3.05, 3.63) is 104 Å². The molecule has 3 aromatic carbocycles. The molecule has 3 aromatic rings. The molecule has 3 heteroatoms. The zero-order valence-corrected chi connectivity index (χ0v) is 27.4. The zero-order valence-electron chi connectivity index (χ0n) is 23.3. The van der Waals surface area contributed by atoms with Crippen LogP contribution in [0.1, 0.15) is 77.1 Å². The van der Waals surface area contributed by atoms with Crippen molar-refractivity contribution in [1.29, 1.82) is 0 Å². The topological polar surface area (TPSA) is 0 Å². The molecule has 0 aliphatic heterocycles. The van der Waals surface area contributed by atoms with Crippen molar-refractivity contribution in [2.24, 2.45) is 0 Å². The largest absolute Gasteiger partial charge is 0.147 e. The Balaban J connectivity index is 0.00000190. The van der Waals surface area contributed by atoms with Gasteiger partial charge >= 0.3 is 218 Å². The van der Waals surface area contributed by atoms with Crippen molar-refractivity contribution < 1.29 is 19.8 Å². The molecule has 37 heavy (non-hydrogen) atoms. The number of rotatable bonds is 3. The number of fused-ring (bicyclic) bond motifs is 3. The summed E-state index contributed by atoms with van der Waals surface area (Å²) in [7, 11) is 0. The van der Waals surface area contributed by atoms with Crippen molar-refractivity contribution in [2.45, 2.75) is 72.1 Å². The van der Waals surface area contributed by atoms with E-state index in [-0.39, 0.29) is 35.6 Å². The molecule has 1 unspecified atom stereocenters. The van der Waals surface area contributed by atoms with E-state index < -0.39 is 19.8 Å².